The summed E-state index contributed by atoms with van der Waals surface area (Å²) in [6, 6.07) is 15.1. The highest BCUT2D eigenvalue weighted by atomic mass is 19.1. The van der Waals surface area contributed by atoms with Crippen LogP contribution in [0.15, 0.2) is 54.7 Å². The first-order chi connectivity index (χ1) is 18.5. The Hall–Kier alpha value is -4.41. The molecule has 200 valence electrons. The second kappa shape index (κ2) is 12.7. The monoisotopic (exact) mass is 521 g/mol. The summed E-state index contributed by atoms with van der Waals surface area (Å²) in [5.41, 5.74) is 1.73. The molecule has 0 radical (unpaired) electrons. The maximum Gasteiger partial charge on any atom is 0.227 e. The van der Waals surface area contributed by atoms with Gasteiger partial charge >= 0.3 is 0 Å². The average Bonchev–Trinajstić information content (AvgIpc) is 3.56. The molecule has 3 heterocycles. The lowest BCUT2D eigenvalue weighted by molar-refractivity contribution is -0.116. The van der Waals surface area contributed by atoms with Gasteiger partial charge in [0.1, 0.15) is 11.9 Å². The minimum absolute atomic E-state index is 0.0534. The van der Waals surface area contributed by atoms with Gasteiger partial charge in [0.25, 0.3) is 0 Å². The molecule has 4 aromatic rings. The molecule has 1 fully saturated rings. The number of benzene rings is 2. The molecule has 1 atom stereocenters. The summed E-state index contributed by atoms with van der Waals surface area (Å²) < 4.78 is 23.8. The van der Waals surface area contributed by atoms with Crippen molar-refractivity contribution in [1.82, 2.24) is 20.2 Å². The normalized spacial score (nSPS) is 14.5. The largest absolute Gasteiger partial charge is 0.497 e. The lowest BCUT2D eigenvalue weighted by Crippen LogP contribution is -2.22. The molecule has 2 aromatic carbocycles. The van der Waals surface area contributed by atoms with E-state index in [0.29, 0.717) is 49.3 Å². The highest BCUT2D eigenvalue weighted by Gasteiger charge is 2.25. The molecule has 0 saturated carbocycles. The predicted molar refractivity (Wildman–Crippen MR) is 146 cm³/mol. The Morgan fingerprint density at radius 1 is 1.13 bits per heavy atom. The summed E-state index contributed by atoms with van der Waals surface area (Å²) in [6.07, 6.45) is 2.68. The summed E-state index contributed by atoms with van der Waals surface area (Å²) in [6.45, 7) is 2.91. The van der Waals surface area contributed by atoms with Crippen LogP contribution in [0.4, 0.5) is 27.7 Å². The molecule has 0 aliphatic carbocycles. The van der Waals surface area contributed by atoms with Crippen molar-refractivity contribution in [2.45, 2.75) is 32.4 Å². The van der Waals surface area contributed by atoms with Crippen LogP contribution in [-0.4, -0.2) is 59.6 Å². The number of hydrogen-bond donors (Lipinski definition) is 3. The van der Waals surface area contributed by atoms with Crippen LogP contribution in [0.25, 0.3) is 10.9 Å². The quantitative estimate of drug-likeness (QED) is 0.294. The zero-order valence-electron chi connectivity index (χ0n) is 21.7. The van der Waals surface area contributed by atoms with Gasteiger partial charge in [-0.05, 0) is 49.2 Å². The molecule has 3 N–H and O–H groups in total. The Bertz CT molecular complexity index is 1350. The van der Waals surface area contributed by atoms with Crippen LogP contribution in [0.2, 0.25) is 0 Å². The van der Waals surface area contributed by atoms with E-state index in [4.69, 9.17) is 9.47 Å². The lowest BCUT2D eigenvalue weighted by atomic mass is 10.2. The van der Waals surface area contributed by atoms with Crippen molar-refractivity contribution in [3.8, 4) is 11.5 Å². The molecule has 1 aliphatic rings. The van der Waals surface area contributed by atoms with Gasteiger partial charge in [-0.15, -0.1) is 0 Å². The van der Waals surface area contributed by atoms with Crippen LogP contribution in [-0.2, 0) is 4.79 Å². The number of methoxy groups -OCH3 is 2. The van der Waals surface area contributed by atoms with Crippen LogP contribution in [0.5, 0.6) is 11.5 Å². The number of H-pyrrole nitrogens is 1. The third kappa shape index (κ3) is 6.67. The van der Waals surface area contributed by atoms with E-state index in [1.165, 1.54) is 0 Å². The predicted octanol–water partition coefficient (Wildman–Crippen LogP) is 5.09. The fourth-order valence-electron chi connectivity index (χ4n) is 3.95. The van der Waals surface area contributed by atoms with Crippen LogP contribution in [0.3, 0.4) is 0 Å². The van der Waals surface area contributed by atoms with Crippen molar-refractivity contribution in [2.75, 3.05) is 42.8 Å². The number of aromatic nitrogens is 4. The number of anilines is 4. The first-order valence-corrected chi connectivity index (χ1v) is 12.4. The maximum atomic E-state index is 13.4. The van der Waals surface area contributed by atoms with E-state index in [1.54, 1.807) is 20.4 Å². The van der Waals surface area contributed by atoms with E-state index >= 15 is 0 Å². The van der Waals surface area contributed by atoms with Crippen molar-refractivity contribution in [1.29, 1.82) is 0 Å². The Balaban J connectivity index is 0.000000206. The van der Waals surface area contributed by atoms with Crippen LogP contribution >= 0.6 is 0 Å². The van der Waals surface area contributed by atoms with E-state index in [2.05, 4.69) is 30.8 Å². The molecule has 11 heteroatoms. The molecular weight excluding hydrogens is 489 g/mol. The van der Waals surface area contributed by atoms with Gasteiger partial charge in [0.2, 0.25) is 11.9 Å². The van der Waals surface area contributed by atoms with Crippen LogP contribution in [0, 0.1) is 0 Å². The van der Waals surface area contributed by atoms with Gasteiger partial charge < -0.3 is 25.0 Å². The Morgan fingerprint density at radius 3 is 2.61 bits per heavy atom. The third-order valence-corrected chi connectivity index (χ3v) is 5.93. The Labute approximate surface area is 220 Å². The number of fused-ring (bicyclic) bond motifs is 1. The van der Waals surface area contributed by atoms with E-state index in [0.717, 1.165) is 28.8 Å². The van der Waals surface area contributed by atoms with Crippen LogP contribution in [0.1, 0.15) is 26.2 Å². The molecule has 0 bridgehead atoms. The number of carbonyl (C=O) groups is 1. The van der Waals surface area contributed by atoms with Crippen molar-refractivity contribution in [2.24, 2.45) is 0 Å². The Morgan fingerprint density at radius 2 is 1.92 bits per heavy atom. The first kappa shape index (κ1) is 26.6. The molecule has 2 aromatic heterocycles. The zero-order chi connectivity index (χ0) is 26.9. The summed E-state index contributed by atoms with van der Waals surface area (Å²) in [7, 11) is 3.17. The summed E-state index contributed by atoms with van der Waals surface area (Å²) >= 11 is 0. The maximum absolute atomic E-state index is 13.4. The van der Waals surface area contributed by atoms with Gasteiger partial charge in [0.15, 0.2) is 17.4 Å². The van der Waals surface area contributed by atoms with Gasteiger partial charge in [0, 0.05) is 24.0 Å². The molecule has 1 unspecified atom stereocenters. The minimum atomic E-state index is -0.831. The fraction of sp³-hybridized carbons (Fsp3) is 0.333. The summed E-state index contributed by atoms with van der Waals surface area (Å²) in [5, 5.41) is 14.2. The first-order valence-electron chi connectivity index (χ1n) is 12.4. The van der Waals surface area contributed by atoms with Crippen molar-refractivity contribution in [3.05, 3.63) is 54.7 Å². The summed E-state index contributed by atoms with van der Waals surface area (Å²) in [4.78, 5) is 21.8. The van der Waals surface area contributed by atoms with Gasteiger partial charge in [0.05, 0.1) is 32.5 Å². The van der Waals surface area contributed by atoms with Gasteiger partial charge in [-0.25, -0.2) is 9.37 Å². The van der Waals surface area contributed by atoms with Crippen molar-refractivity contribution < 1.29 is 18.7 Å². The minimum Gasteiger partial charge on any atom is -0.497 e. The highest BCUT2D eigenvalue weighted by Crippen LogP contribution is 2.30. The molecule has 5 rings (SSSR count). The fourth-order valence-corrected chi connectivity index (χ4v) is 3.95. The number of amides is 1. The van der Waals surface area contributed by atoms with Gasteiger partial charge in [-0.2, -0.15) is 10.1 Å². The summed E-state index contributed by atoms with van der Waals surface area (Å²) in [5.74, 6) is 2.98. The molecule has 1 aliphatic heterocycles. The molecule has 0 spiro atoms. The van der Waals surface area contributed by atoms with Gasteiger partial charge in [-0.1, -0.05) is 19.1 Å². The number of hydrogen-bond acceptors (Lipinski definition) is 8. The molecule has 1 amide bonds. The molecule has 10 nitrogen and oxygen atoms in total. The number of ether oxygens (including phenoxy) is 2. The van der Waals surface area contributed by atoms with Crippen molar-refractivity contribution in [3.63, 3.8) is 0 Å². The lowest BCUT2D eigenvalue weighted by Gasteiger charge is -2.17. The number of nitrogens with zero attached hydrogens (tertiary/aromatic N) is 4. The number of alkyl halides is 1. The number of para-hydroxylation sites is 1. The van der Waals surface area contributed by atoms with Crippen LogP contribution < -0.4 is 25.0 Å². The SMILES string of the molecule is CCCC(=O)Nc1ccc(OC)cc1.COc1cnc(N2CCC(F)C2)nc1Nc1n[nH]c2ccccc12. The third-order valence-electron chi connectivity index (χ3n) is 5.93. The molecule has 1 saturated heterocycles. The smallest absolute Gasteiger partial charge is 0.227 e. The Kier molecular flexibility index (Phi) is 8.91. The number of aromatic amines is 1. The molecule has 38 heavy (non-hydrogen) atoms. The second-order valence-electron chi connectivity index (χ2n) is 8.69. The van der Waals surface area contributed by atoms with E-state index in [-0.39, 0.29) is 5.91 Å². The van der Waals surface area contributed by atoms with E-state index < -0.39 is 6.17 Å². The van der Waals surface area contributed by atoms with Crippen molar-refractivity contribution >= 4 is 40.1 Å². The molecular formula is C27H32FN7O3. The van der Waals surface area contributed by atoms with E-state index in [9.17, 15) is 9.18 Å². The number of halogens is 1. The second-order valence-corrected chi connectivity index (χ2v) is 8.69. The highest BCUT2D eigenvalue weighted by molar-refractivity contribution is 5.91. The number of nitrogens with one attached hydrogen (secondary N) is 3. The number of rotatable bonds is 8. The van der Waals surface area contributed by atoms with E-state index in [1.807, 2.05) is 60.4 Å². The average molecular weight is 522 g/mol. The number of carbonyl (C=O) groups excluding carboxylic acids is 1. The topological polar surface area (TPSA) is 117 Å². The standard InChI is InChI=1S/C16H17FN6O.C11H15NO2/c1-24-13-8-18-16(23-7-6-10(17)9-23)20-15(13)19-14-11-4-2-3-5-12(11)21-22-14;1-3-4-11(13)12-9-5-7-10(14-2)8-6-9/h2-5,8,10H,6-7,9H2,1H3,(H2,18,19,20,21,22);5-8H,3-4H2,1-2H3,(H,12,13). The zero-order valence-corrected chi connectivity index (χ0v) is 21.7. The van der Waals surface area contributed by atoms with Gasteiger partial charge in [-0.3, -0.25) is 9.89 Å².